The van der Waals surface area contributed by atoms with E-state index in [4.69, 9.17) is 9.84 Å². The van der Waals surface area contributed by atoms with Crippen molar-refractivity contribution in [2.75, 3.05) is 20.2 Å². The molecule has 1 atom stereocenters. The summed E-state index contributed by atoms with van der Waals surface area (Å²) in [5.41, 5.74) is 1.19. The van der Waals surface area contributed by atoms with Crippen LogP contribution in [-0.2, 0) is 11.2 Å². The van der Waals surface area contributed by atoms with E-state index < -0.39 is 18.0 Å². The summed E-state index contributed by atoms with van der Waals surface area (Å²) in [5, 5.41) is 11.1. The summed E-state index contributed by atoms with van der Waals surface area (Å²) in [6.07, 6.45) is 0.937. The van der Waals surface area contributed by atoms with Crippen LogP contribution in [0.5, 0.6) is 5.75 Å². The van der Waals surface area contributed by atoms with Gasteiger partial charge in [0.05, 0.1) is 6.54 Å². The summed E-state index contributed by atoms with van der Waals surface area (Å²) >= 11 is 0. The second-order valence-corrected chi connectivity index (χ2v) is 4.78. The lowest BCUT2D eigenvalue weighted by atomic mass is 10.2. The highest BCUT2D eigenvalue weighted by Crippen LogP contribution is 2.13. The number of urea groups is 1. The van der Waals surface area contributed by atoms with Crippen LogP contribution in [0.4, 0.5) is 4.79 Å². The molecule has 0 bridgehead atoms. The molecule has 6 nitrogen and oxygen atoms in total. The minimum atomic E-state index is -1.07. The molecule has 0 saturated heterocycles. The van der Waals surface area contributed by atoms with Gasteiger partial charge in [-0.15, -0.1) is 0 Å². The SMILES string of the molecule is CCc1cccc(OCCN(C)C(=O)N[C@@H](C)C(=O)O)c1. The van der Waals surface area contributed by atoms with E-state index in [2.05, 4.69) is 12.2 Å². The second-order valence-electron chi connectivity index (χ2n) is 4.78. The molecular weight excluding hydrogens is 272 g/mol. The highest BCUT2D eigenvalue weighted by Gasteiger charge is 2.16. The third-order valence-corrected chi connectivity index (χ3v) is 3.06. The topological polar surface area (TPSA) is 78.9 Å². The van der Waals surface area contributed by atoms with Gasteiger partial charge in [-0.05, 0) is 31.0 Å². The van der Waals surface area contributed by atoms with Gasteiger partial charge in [0.2, 0.25) is 0 Å². The van der Waals surface area contributed by atoms with Crippen LogP contribution in [0.3, 0.4) is 0 Å². The lowest BCUT2D eigenvalue weighted by molar-refractivity contribution is -0.138. The summed E-state index contributed by atoms with van der Waals surface area (Å²) < 4.78 is 5.58. The Morgan fingerprint density at radius 3 is 2.76 bits per heavy atom. The monoisotopic (exact) mass is 294 g/mol. The van der Waals surface area contributed by atoms with Gasteiger partial charge in [0.1, 0.15) is 18.4 Å². The molecule has 0 unspecified atom stereocenters. The predicted octanol–water partition coefficient (Wildman–Crippen LogP) is 1.74. The van der Waals surface area contributed by atoms with E-state index >= 15 is 0 Å². The van der Waals surface area contributed by atoms with Crippen LogP contribution in [-0.4, -0.2) is 48.2 Å². The van der Waals surface area contributed by atoms with Gasteiger partial charge < -0.3 is 20.1 Å². The van der Waals surface area contributed by atoms with Crippen LogP contribution < -0.4 is 10.1 Å². The zero-order valence-corrected chi connectivity index (χ0v) is 12.6. The van der Waals surface area contributed by atoms with Gasteiger partial charge in [-0.1, -0.05) is 19.1 Å². The van der Waals surface area contributed by atoms with E-state index in [-0.39, 0.29) is 0 Å². The number of rotatable bonds is 7. The third-order valence-electron chi connectivity index (χ3n) is 3.06. The van der Waals surface area contributed by atoms with Crippen molar-refractivity contribution in [3.8, 4) is 5.75 Å². The molecule has 0 aliphatic rings. The first kappa shape index (κ1) is 16.8. The number of aliphatic carboxylic acids is 1. The van der Waals surface area contributed by atoms with E-state index in [1.807, 2.05) is 24.3 Å². The Balaban J connectivity index is 2.37. The molecular formula is C15H22N2O4. The normalized spacial score (nSPS) is 11.6. The molecule has 0 aromatic heterocycles. The molecule has 0 aliphatic carbocycles. The van der Waals surface area contributed by atoms with Crippen molar-refractivity contribution in [2.45, 2.75) is 26.3 Å². The van der Waals surface area contributed by atoms with Gasteiger partial charge in [0, 0.05) is 7.05 Å². The number of carbonyl (C=O) groups is 2. The highest BCUT2D eigenvalue weighted by atomic mass is 16.5. The van der Waals surface area contributed by atoms with E-state index in [0.29, 0.717) is 13.2 Å². The number of likely N-dealkylation sites (N-methyl/N-ethyl adjacent to an activating group) is 1. The second kappa shape index (κ2) is 8.14. The Hall–Kier alpha value is -2.24. The zero-order valence-electron chi connectivity index (χ0n) is 12.6. The average Bonchev–Trinajstić information content (AvgIpc) is 2.47. The van der Waals surface area contributed by atoms with Crippen molar-refractivity contribution in [3.05, 3.63) is 29.8 Å². The van der Waals surface area contributed by atoms with Crippen molar-refractivity contribution in [3.63, 3.8) is 0 Å². The van der Waals surface area contributed by atoms with Crippen LogP contribution in [0.1, 0.15) is 19.4 Å². The summed E-state index contributed by atoms with van der Waals surface area (Å²) in [7, 11) is 1.59. The van der Waals surface area contributed by atoms with Crippen molar-refractivity contribution in [2.24, 2.45) is 0 Å². The molecule has 21 heavy (non-hydrogen) atoms. The molecule has 1 aromatic carbocycles. The number of benzene rings is 1. The maximum atomic E-state index is 11.7. The largest absolute Gasteiger partial charge is 0.492 e. The van der Waals surface area contributed by atoms with Crippen LogP contribution in [0.15, 0.2) is 24.3 Å². The molecule has 116 valence electrons. The molecule has 0 fully saturated rings. The third kappa shape index (κ3) is 5.72. The number of nitrogens with zero attached hydrogens (tertiary/aromatic N) is 1. The maximum absolute atomic E-state index is 11.7. The first-order valence-corrected chi connectivity index (χ1v) is 6.90. The van der Waals surface area contributed by atoms with E-state index in [1.54, 1.807) is 7.05 Å². The standard InChI is InChI=1S/C15H22N2O4/c1-4-12-6-5-7-13(10-12)21-9-8-17(3)15(20)16-11(2)14(18)19/h5-7,10-11H,4,8-9H2,1-3H3,(H,16,20)(H,18,19)/t11-/m0/s1. The fourth-order valence-electron chi connectivity index (χ4n) is 1.61. The van der Waals surface area contributed by atoms with Gasteiger partial charge >= 0.3 is 12.0 Å². The Morgan fingerprint density at radius 1 is 1.43 bits per heavy atom. The first-order valence-electron chi connectivity index (χ1n) is 6.90. The number of nitrogens with one attached hydrogen (secondary N) is 1. The number of amides is 2. The fraction of sp³-hybridized carbons (Fsp3) is 0.467. The number of ether oxygens (including phenoxy) is 1. The predicted molar refractivity (Wildman–Crippen MR) is 79.6 cm³/mol. The Morgan fingerprint density at radius 2 is 2.14 bits per heavy atom. The Labute approximate surface area is 124 Å². The van der Waals surface area contributed by atoms with Gasteiger partial charge in [-0.2, -0.15) is 0 Å². The molecule has 2 amide bonds. The van der Waals surface area contributed by atoms with Gasteiger partial charge in [-0.25, -0.2) is 4.79 Å². The number of hydrogen-bond acceptors (Lipinski definition) is 3. The van der Waals surface area contributed by atoms with Crippen molar-refractivity contribution >= 4 is 12.0 Å². The molecule has 0 spiro atoms. The van der Waals surface area contributed by atoms with Crippen LogP contribution >= 0.6 is 0 Å². The van der Waals surface area contributed by atoms with Crippen LogP contribution in [0, 0.1) is 0 Å². The molecule has 1 aromatic rings. The summed E-state index contributed by atoms with van der Waals surface area (Å²) in [5.74, 6) is -0.300. The molecule has 1 rings (SSSR count). The number of carboxylic acid groups (broad SMARTS) is 1. The Bertz CT molecular complexity index is 490. The molecule has 0 saturated carbocycles. The number of carboxylic acids is 1. The number of hydrogen-bond donors (Lipinski definition) is 2. The van der Waals surface area contributed by atoms with Crippen LogP contribution in [0.25, 0.3) is 0 Å². The quantitative estimate of drug-likeness (QED) is 0.803. The lowest BCUT2D eigenvalue weighted by Crippen LogP contribution is -2.46. The van der Waals surface area contributed by atoms with Crippen molar-refractivity contribution < 1.29 is 19.4 Å². The highest BCUT2D eigenvalue weighted by molar-refractivity contribution is 5.82. The van der Waals surface area contributed by atoms with Gasteiger partial charge in [0.25, 0.3) is 0 Å². The fourth-order valence-corrected chi connectivity index (χ4v) is 1.61. The molecule has 0 heterocycles. The molecule has 0 radical (unpaired) electrons. The summed E-state index contributed by atoms with van der Waals surface area (Å²) in [4.78, 5) is 23.7. The minimum absolute atomic E-state index is 0.346. The van der Waals surface area contributed by atoms with Crippen molar-refractivity contribution in [1.82, 2.24) is 10.2 Å². The average molecular weight is 294 g/mol. The zero-order chi connectivity index (χ0) is 15.8. The lowest BCUT2D eigenvalue weighted by Gasteiger charge is -2.19. The van der Waals surface area contributed by atoms with Gasteiger partial charge in [0.15, 0.2) is 0 Å². The molecule has 0 aliphatic heterocycles. The minimum Gasteiger partial charge on any atom is -0.492 e. The molecule has 2 N–H and O–H groups in total. The van der Waals surface area contributed by atoms with E-state index in [1.165, 1.54) is 17.4 Å². The van der Waals surface area contributed by atoms with E-state index in [9.17, 15) is 9.59 Å². The summed E-state index contributed by atoms with van der Waals surface area (Å²) in [6.45, 7) is 4.20. The van der Waals surface area contributed by atoms with Gasteiger partial charge in [-0.3, -0.25) is 4.79 Å². The maximum Gasteiger partial charge on any atom is 0.325 e. The van der Waals surface area contributed by atoms with Crippen LogP contribution in [0.2, 0.25) is 0 Å². The smallest absolute Gasteiger partial charge is 0.325 e. The number of carbonyl (C=O) groups excluding carboxylic acids is 1. The summed E-state index contributed by atoms with van der Waals surface area (Å²) in [6, 6.07) is 6.44. The first-order chi connectivity index (χ1) is 9.93. The Kier molecular flexibility index (Phi) is 6.52. The number of aryl methyl sites for hydroxylation is 1. The molecule has 6 heteroatoms. The van der Waals surface area contributed by atoms with Crippen molar-refractivity contribution in [1.29, 1.82) is 0 Å². The van der Waals surface area contributed by atoms with E-state index in [0.717, 1.165) is 12.2 Å².